The maximum Gasteiger partial charge on any atom is 0.338 e. The number of esters is 1. The highest BCUT2D eigenvalue weighted by Gasteiger charge is 2.18. The molecule has 0 aliphatic heterocycles. The fourth-order valence-electron chi connectivity index (χ4n) is 2.72. The van der Waals surface area contributed by atoms with Gasteiger partial charge in [0.2, 0.25) is 0 Å². The summed E-state index contributed by atoms with van der Waals surface area (Å²) in [5.41, 5.74) is 9.50. The van der Waals surface area contributed by atoms with Gasteiger partial charge in [-0.15, -0.1) is 0 Å². The van der Waals surface area contributed by atoms with E-state index in [9.17, 15) is 9.59 Å². The summed E-state index contributed by atoms with van der Waals surface area (Å²) in [6, 6.07) is 14.7. The largest absolute Gasteiger partial charge is 0.462 e. The number of carbonyl (C=O) groups is 2. The van der Waals surface area contributed by atoms with Crippen molar-refractivity contribution in [3.05, 3.63) is 74.1 Å². The first-order valence-corrected chi connectivity index (χ1v) is 10.3. The summed E-state index contributed by atoms with van der Waals surface area (Å²) in [5.74, 6) is -0.400. The second-order valence-corrected chi connectivity index (χ2v) is 8.00. The Morgan fingerprint density at radius 1 is 1.14 bits per heavy atom. The number of ether oxygens (including phenoxy) is 1. The van der Waals surface area contributed by atoms with Crippen LogP contribution in [0.3, 0.4) is 0 Å². The Kier molecular flexibility index (Phi) is 6.46. The van der Waals surface area contributed by atoms with Crippen molar-refractivity contribution in [3.63, 3.8) is 0 Å². The molecule has 0 aliphatic carbocycles. The summed E-state index contributed by atoms with van der Waals surface area (Å²) in [4.78, 5) is 24.8. The summed E-state index contributed by atoms with van der Waals surface area (Å²) >= 11 is 6.56. The van der Waals surface area contributed by atoms with Crippen molar-refractivity contribution in [2.75, 3.05) is 12.3 Å². The van der Waals surface area contributed by atoms with Crippen LogP contribution in [0.5, 0.6) is 0 Å². The first-order chi connectivity index (χ1) is 13.9. The zero-order valence-electron chi connectivity index (χ0n) is 16.1. The van der Waals surface area contributed by atoms with Crippen LogP contribution in [0.25, 0.3) is 5.69 Å². The van der Waals surface area contributed by atoms with Gasteiger partial charge >= 0.3 is 5.97 Å². The van der Waals surface area contributed by atoms with Crippen LogP contribution in [-0.2, 0) is 11.3 Å². The highest BCUT2D eigenvalue weighted by Crippen LogP contribution is 2.26. The minimum atomic E-state index is -0.392. The summed E-state index contributed by atoms with van der Waals surface area (Å²) in [7, 11) is 0. The molecule has 0 unspecified atom stereocenters. The van der Waals surface area contributed by atoms with Crippen LogP contribution in [0.4, 0.5) is 5.82 Å². The number of nitrogens with zero attached hydrogens (tertiary/aromatic N) is 1. The molecule has 0 aliphatic rings. The van der Waals surface area contributed by atoms with Crippen LogP contribution >= 0.6 is 23.6 Å². The standard InChI is InChI=1S/C21H21N3O3S2/c1-3-27-20(26)15-8-10-16(11-9-15)24-18(22)17(29-21(24)28)19(25)23-12-14-6-4-13(2)5-7-14/h4-11H,3,12,22H2,1-2H3,(H,23,25). The summed E-state index contributed by atoms with van der Waals surface area (Å²) in [5, 5.41) is 2.88. The number of carbonyl (C=O) groups excluding carboxylic acids is 2. The lowest BCUT2D eigenvalue weighted by atomic mass is 10.1. The first kappa shape index (κ1) is 20.8. The minimum Gasteiger partial charge on any atom is -0.462 e. The molecular weight excluding hydrogens is 406 g/mol. The van der Waals surface area contributed by atoms with Crippen LogP contribution in [0.2, 0.25) is 0 Å². The number of thiazole rings is 1. The second-order valence-electron chi connectivity index (χ2n) is 6.35. The third-order valence-electron chi connectivity index (χ3n) is 4.26. The Morgan fingerprint density at radius 3 is 2.41 bits per heavy atom. The van der Waals surface area contributed by atoms with Crippen molar-refractivity contribution in [1.82, 2.24) is 9.88 Å². The van der Waals surface area contributed by atoms with Gasteiger partial charge in [0.05, 0.1) is 12.2 Å². The first-order valence-electron chi connectivity index (χ1n) is 9.03. The van der Waals surface area contributed by atoms with Gasteiger partial charge in [0.15, 0.2) is 3.95 Å². The van der Waals surface area contributed by atoms with Crippen LogP contribution in [0.1, 0.15) is 38.1 Å². The Morgan fingerprint density at radius 2 is 1.79 bits per heavy atom. The number of hydrogen-bond donors (Lipinski definition) is 2. The number of nitrogen functional groups attached to an aromatic ring is 1. The maximum atomic E-state index is 12.6. The number of rotatable bonds is 6. The molecule has 0 saturated heterocycles. The molecule has 0 bridgehead atoms. The fraction of sp³-hybridized carbons (Fsp3) is 0.190. The monoisotopic (exact) mass is 427 g/mol. The van der Waals surface area contributed by atoms with E-state index in [1.165, 1.54) is 0 Å². The predicted octanol–water partition coefficient (Wildman–Crippen LogP) is 4.27. The Bertz CT molecular complexity index is 1080. The van der Waals surface area contributed by atoms with Gasteiger partial charge in [-0.25, -0.2) is 4.79 Å². The third kappa shape index (κ3) is 4.72. The molecule has 3 N–H and O–H groups in total. The average molecular weight is 428 g/mol. The van der Waals surface area contributed by atoms with Crippen LogP contribution in [-0.4, -0.2) is 23.1 Å². The van der Waals surface area contributed by atoms with Gasteiger partial charge in [0.25, 0.3) is 5.91 Å². The lowest BCUT2D eigenvalue weighted by Gasteiger charge is -2.08. The van der Waals surface area contributed by atoms with Gasteiger partial charge in [0.1, 0.15) is 10.7 Å². The molecule has 0 fully saturated rings. The van der Waals surface area contributed by atoms with Gasteiger partial charge in [-0.2, -0.15) is 0 Å². The molecule has 3 rings (SSSR count). The van der Waals surface area contributed by atoms with E-state index in [0.29, 0.717) is 33.2 Å². The molecule has 2 aromatic carbocycles. The number of benzene rings is 2. The van der Waals surface area contributed by atoms with Crippen molar-refractivity contribution in [2.24, 2.45) is 0 Å². The summed E-state index contributed by atoms with van der Waals surface area (Å²) in [6.45, 7) is 4.47. The number of nitrogens with one attached hydrogen (secondary N) is 1. The summed E-state index contributed by atoms with van der Waals surface area (Å²) < 4.78 is 7.06. The zero-order valence-corrected chi connectivity index (χ0v) is 17.7. The molecule has 1 heterocycles. The highest BCUT2D eigenvalue weighted by molar-refractivity contribution is 7.73. The molecule has 0 atom stereocenters. The Labute approximate surface area is 177 Å². The number of nitrogens with two attached hydrogens (primary N) is 1. The van der Waals surface area contributed by atoms with E-state index >= 15 is 0 Å². The second kappa shape index (κ2) is 9.02. The topological polar surface area (TPSA) is 86.3 Å². The SMILES string of the molecule is CCOC(=O)c1ccc(-n2c(N)c(C(=O)NCc3ccc(C)cc3)sc2=S)cc1. The van der Waals surface area contributed by atoms with E-state index in [1.807, 2.05) is 31.2 Å². The number of aryl methyl sites for hydroxylation is 1. The van der Waals surface area contributed by atoms with Gasteiger partial charge in [-0.3, -0.25) is 9.36 Å². The fourth-order valence-corrected chi connectivity index (χ4v) is 4.01. The van der Waals surface area contributed by atoms with E-state index in [4.69, 9.17) is 22.7 Å². The van der Waals surface area contributed by atoms with E-state index in [0.717, 1.165) is 22.5 Å². The van der Waals surface area contributed by atoms with Crippen molar-refractivity contribution >= 4 is 41.2 Å². The quantitative estimate of drug-likeness (QED) is 0.453. The van der Waals surface area contributed by atoms with Gasteiger partial charge in [-0.1, -0.05) is 41.2 Å². The molecule has 6 nitrogen and oxygen atoms in total. The average Bonchev–Trinajstić information content (AvgIpc) is 3.02. The molecule has 8 heteroatoms. The smallest absolute Gasteiger partial charge is 0.338 e. The number of aromatic nitrogens is 1. The van der Waals surface area contributed by atoms with E-state index in [1.54, 1.807) is 35.8 Å². The van der Waals surface area contributed by atoms with Gasteiger partial charge in [0, 0.05) is 12.2 Å². The van der Waals surface area contributed by atoms with Gasteiger partial charge < -0.3 is 15.8 Å². The van der Waals surface area contributed by atoms with E-state index < -0.39 is 5.97 Å². The van der Waals surface area contributed by atoms with Crippen molar-refractivity contribution < 1.29 is 14.3 Å². The molecule has 29 heavy (non-hydrogen) atoms. The van der Waals surface area contributed by atoms with E-state index in [2.05, 4.69) is 5.32 Å². The minimum absolute atomic E-state index is 0.269. The lowest BCUT2D eigenvalue weighted by molar-refractivity contribution is 0.0526. The lowest BCUT2D eigenvalue weighted by Crippen LogP contribution is -2.23. The predicted molar refractivity (Wildman–Crippen MR) is 117 cm³/mol. The number of anilines is 1. The molecule has 1 amide bonds. The van der Waals surface area contributed by atoms with E-state index in [-0.39, 0.29) is 11.7 Å². The van der Waals surface area contributed by atoms with Crippen LogP contribution in [0, 0.1) is 10.9 Å². The van der Waals surface area contributed by atoms with Crippen molar-refractivity contribution in [1.29, 1.82) is 0 Å². The molecule has 0 radical (unpaired) electrons. The zero-order chi connectivity index (χ0) is 21.0. The molecule has 150 valence electrons. The Hall–Kier alpha value is -2.97. The number of hydrogen-bond acceptors (Lipinski definition) is 6. The molecule has 1 aromatic heterocycles. The normalized spacial score (nSPS) is 10.6. The van der Waals surface area contributed by atoms with Crippen LogP contribution in [0.15, 0.2) is 48.5 Å². The molecule has 0 saturated carbocycles. The molecule has 3 aromatic rings. The highest BCUT2D eigenvalue weighted by atomic mass is 32.1. The molecule has 0 spiro atoms. The maximum absolute atomic E-state index is 12.6. The van der Waals surface area contributed by atoms with Crippen molar-refractivity contribution in [2.45, 2.75) is 20.4 Å². The van der Waals surface area contributed by atoms with Crippen molar-refractivity contribution in [3.8, 4) is 5.69 Å². The summed E-state index contributed by atoms with van der Waals surface area (Å²) in [6.07, 6.45) is 0. The van der Waals surface area contributed by atoms with Gasteiger partial charge in [-0.05, 0) is 55.9 Å². The number of amides is 1. The Balaban J connectivity index is 1.79. The molecular formula is C21H21N3O3S2. The van der Waals surface area contributed by atoms with Crippen LogP contribution < -0.4 is 11.1 Å². The third-order valence-corrected chi connectivity index (χ3v) is 5.65.